The van der Waals surface area contributed by atoms with Gasteiger partial charge in [-0.1, -0.05) is 140 Å². The molecule has 0 atom stereocenters. The molecule has 258 valence electrons. The second kappa shape index (κ2) is 13.1. The first kappa shape index (κ1) is 32.0. The molecule has 2 aromatic heterocycles. The molecule has 0 unspecified atom stereocenters. The lowest BCUT2D eigenvalue weighted by Crippen LogP contribution is -2.11. The third-order valence-electron chi connectivity index (χ3n) is 10.9. The van der Waals surface area contributed by atoms with Gasteiger partial charge in [-0.2, -0.15) is 0 Å². The topological polar surface area (TPSA) is 3.24 Å². The molecule has 55 heavy (non-hydrogen) atoms. The molecule has 0 aliphatic heterocycles. The Morgan fingerprint density at radius 1 is 0.291 bits per heavy atom. The molecule has 0 N–H and O–H groups in total. The number of hydrogen-bond acceptors (Lipinski definition) is 3. The van der Waals surface area contributed by atoms with Crippen molar-refractivity contribution in [1.29, 1.82) is 0 Å². The molecule has 0 aliphatic rings. The first-order chi connectivity index (χ1) is 27.2. The average molecular weight is 736 g/mol. The lowest BCUT2D eigenvalue weighted by Gasteiger charge is -2.28. The summed E-state index contributed by atoms with van der Waals surface area (Å²) in [6, 6.07) is 73.5. The third kappa shape index (κ3) is 5.60. The predicted molar refractivity (Wildman–Crippen MR) is 241 cm³/mol. The molecule has 0 spiro atoms. The second-order valence-corrected chi connectivity index (χ2v) is 16.3. The maximum atomic E-state index is 2.43. The summed E-state index contributed by atoms with van der Waals surface area (Å²) in [4.78, 5) is 2.43. The Labute approximate surface area is 327 Å². The number of para-hydroxylation sites is 1. The summed E-state index contributed by atoms with van der Waals surface area (Å²) < 4.78 is 5.26. The molecule has 3 heteroatoms. The van der Waals surface area contributed by atoms with Crippen LogP contribution >= 0.6 is 22.7 Å². The number of rotatable bonds is 6. The minimum Gasteiger partial charge on any atom is -0.310 e. The van der Waals surface area contributed by atoms with Crippen molar-refractivity contribution in [2.75, 3.05) is 4.90 Å². The highest BCUT2D eigenvalue weighted by molar-refractivity contribution is 7.26. The minimum atomic E-state index is 1.11. The Hall–Kier alpha value is -6.52. The molecular formula is C52H33NS2. The fourth-order valence-electron chi connectivity index (χ4n) is 8.14. The highest BCUT2D eigenvalue weighted by atomic mass is 32.1. The van der Waals surface area contributed by atoms with Gasteiger partial charge in [-0.15, -0.1) is 22.7 Å². The first-order valence-corrected chi connectivity index (χ1v) is 20.3. The summed E-state index contributed by atoms with van der Waals surface area (Å²) in [5.41, 5.74) is 10.6. The average Bonchev–Trinajstić information content (AvgIpc) is 3.82. The van der Waals surface area contributed by atoms with Gasteiger partial charge in [-0.25, -0.2) is 0 Å². The van der Waals surface area contributed by atoms with Crippen LogP contribution in [0.25, 0.3) is 84.5 Å². The van der Waals surface area contributed by atoms with Gasteiger partial charge in [0, 0.05) is 57.3 Å². The largest absolute Gasteiger partial charge is 0.310 e. The number of fused-ring (bicyclic) bond motifs is 7. The van der Waals surface area contributed by atoms with E-state index in [0.29, 0.717) is 0 Å². The van der Waals surface area contributed by atoms with E-state index in [1.165, 1.54) is 84.5 Å². The van der Waals surface area contributed by atoms with Crippen LogP contribution in [0.4, 0.5) is 17.1 Å². The van der Waals surface area contributed by atoms with Crippen molar-refractivity contribution in [3.05, 3.63) is 200 Å². The van der Waals surface area contributed by atoms with Gasteiger partial charge in [-0.3, -0.25) is 0 Å². The van der Waals surface area contributed by atoms with Crippen LogP contribution in [0.2, 0.25) is 0 Å². The Morgan fingerprint density at radius 2 is 0.836 bits per heavy atom. The van der Waals surface area contributed by atoms with E-state index in [1.807, 2.05) is 22.7 Å². The lowest BCUT2D eigenvalue weighted by atomic mass is 9.98. The zero-order valence-corrected chi connectivity index (χ0v) is 31.4. The zero-order valence-electron chi connectivity index (χ0n) is 29.8. The first-order valence-electron chi connectivity index (χ1n) is 18.7. The van der Waals surface area contributed by atoms with Crippen LogP contribution in [-0.4, -0.2) is 0 Å². The van der Waals surface area contributed by atoms with Gasteiger partial charge < -0.3 is 4.90 Å². The highest BCUT2D eigenvalue weighted by Crippen LogP contribution is 2.45. The van der Waals surface area contributed by atoms with Crippen molar-refractivity contribution in [2.45, 2.75) is 0 Å². The molecule has 11 rings (SSSR count). The van der Waals surface area contributed by atoms with Gasteiger partial charge in [0.1, 0.15) is 0 Å². The van der Waals surface area contributed by atoms with E-state index in [9.17, 15) is 0 Å². The van der Waals surface area contributed by atoms with E-state index in [0.717, 1.165) is 17.1 Å². The predicted octanol–water partition coefficient (Wildman–Crippen LogP) is 16.0. The maximum absolute atomic E-state index is 2.43. The molecule has 0 aliphatic carbocycles. The maximum Gasteiger partial charge on any atom is 0.0540 e. The van der Waals surface area contributed by atoms with Gasteiger partial charge in [-0.05, 0) is 99.3 Å². The lowest BCUT2D eigenvalue weighted by molar-refractivity contribution is 1.28. The SMILES string of the molecule is c1cc(-c2ccc3c(c2)sc2ccccc23)cc(N(c2ccc(-c3ccc4ccccc4c3)cc2)c2ccccc2-c2ccc3c(c2)sc2ccccc23)c1. The van der Waals surface area contributed by atoms with E-state index in [2.05, 4.69) is 205 Å². The molecule has 9 aromatic carbocycles. The van der Waals surface area contributed by atoms with Crippen LogP contribution in [0.1, 0.15) is 0 Å². The number of benzene rings is 9. The van der Waals surface area contributed by atoms with Crippen LogP contribution in [0, 0.1) is 0 Å². The molecule has 0 saturated heterocycles. The van der Waals surface area contributed by atoms with Gasteiger partial charge in [0.25, 0.3) is 0 Å². The van der Waals surface area contributed by atoms with E-state index in [1.54, 1.807) is 0 Å². The Bertz CT molecular complexity index is 3220. The van der Waals surface area contributed by atoms with Crippen molar-refractivity contribution in [2.24, 2.45) is 0 Å². The third-order valence-corrected chi connectivity index (χ3v) is 13.1. The van der Waals surface area contributed by atoms with Gasteiger partial charge in [0.15, 0.2) is 0 Å². The Morgan fingerprint density at radius 3 is 1.60 bits per heavy atom. The quantitative estimate of drug-likeness (QED) is 0.164. The van der Waals surface area contributed by atoms with Crippen molar-refractivity contribution >= 4 is 90.9 Å². The van der Waals surface area contributed by atoms with Crippen molar-refractivity contribution < 1.29 is 0 Å². The molecule has 0 amide bonds. The van der Waals surface area contributed by atoms with Gasteiger partial charge in [0.2, 0.25) is 0 Å². The summed E-state index contributed by atoms with van der Waals surface area (Å²) in [5, 5.41) is 7.78. The molecule has 0 saturated carbocycles. The fourth-order valence-corrected chi connectivity index (χ4v) is 10.4. The normalized spacial score (nSPS) is 11.6. The number of thiophene rings is 2. The molecule has 2 heterocycles. The smallest absolute Gasteiger partial charge is 0.0540 e. The van der Waals surface area contributed by atoms with Crippen LogP contribution in [0.15, 0.2) is 200 Å². The second-order valence-electron chi connectivity index (χ2n) is 14.1. The van der Waals surface area contributed by atoms with E-state index >= 15 is 0 Å². The van der Waals surface area contributed by atoms with Gasteiger partial charge >= 0.3 is 0 Å². The fraction of sp³-hybridized carbons (Fsp3) is 0. The Kier molecular flexibility index (Phi) is 7.61. The van der Waals surface area contributed by atoms with E-state index in [4.69, 9.17) is 0 Å². The Balaban J connectivity index is 1.06. The molecule has 11 aromatic rings. The van der Waals surface area contributed by atoms with Crippen LogP contribution in [0.5, 0.6) is 0 Å². The van der Waals surface area contributed by atoms with Crippen LogP contribution < -0.4 is 4.90 Å². The van der Waals surface area contributed by atoms with Crippen molar-refractivity contribution in [3.8, 4) is 33.4 Å². The molecule has 0 radical (unpaired) electrons. The molecule has 0 bridgehead atoms. The molecular weight excluding hydrogens is 703 g/mol. The standard InChI is InChI=1S/C52H33NS2/c1-2-11-36-30-38(21-20-34(36)10-1)35-22-26-41(27-23-35)53(42-13-9-12-37(31-42)39-24-28-46-44-15-4-7-18-49(44)54-51(46)32-39)48-17-6-3-14-43(48)40-25-29-47-45-16-5-8-19-50(45)55-52(47)33-40/h1-33H. The van der Waals surface area contributed by atoms with Crippen molar-refractivity contribution in [1.82, 2.24) is 0 Å². The number of anilines is 3. The van der Waals surface area contributed by atoms with Crippen molar-refractivity contribution in [3.63, 3.8) is 0 Å². The monoisotopic (exact) mass is 735 g/mol. The summed E-state index contributed by atoms with van der Waals surface area (Å²) in [6.07, 6.45) is 0. The number of nitrogens with zero attached hydrogens (tertiary/aromatic N) is 1. The zero-order chi connectivity index (χ0) is 36.3. The summed E-state index contributed by atoms with van der Waals surface area (Å²) >= 11 is 3.73. The van der Waals surface area contributed by atoms with Crippen LogP contribution in [-0.2, 0) is 0 Å². The summed E-state index contributed by atoms with van der Waals surface area (Å²) in [6.45, 7) is 0. The van der Waals surface area contributed by atoms with Gasteiger partial charge in [0.05, 0.1) is 5.69 Å². The summed E-state index contributed by atoms with van der Waals surface area (Å²) in [5.74, 6) is 0. The van der Waals surface area contributed by atoms with Crippen LogP contribution in [0.3, 0.4) is 0 Å². The van der Waals surface area contributed by atoms with E-state index < -0.39 is 0 Å². The minimum absolute atomic E-state index is 1.11. The molecule has 1 nitrogen and oxygen atoms in total. The number of hydrogen-bond donors (Lipinski definition) is 0. The molecule has 0 fully saturated rings. The highest BCUT2D eigenvalue weighted by Gasteiger charge is 2.19. The summed E-state index contributed by atoms with van der Waals surface area (Å²) in [7, 11) is 0. The van der Waals surface area contributed by atoms with E-state index in [-0.39, 0.29) is 0 Å².